The fourth-order valence-corrected chi connectivity index (χ4v) is 2.87. The molecule has 2 aromatic carbocycles. The highest BCUT2D eigenvalue weighted by Crippen LogP contribution is 2.24. The maximum absolute atomic E-state index is 12.8. The number of nitro groups is 1. The van der Waals surface area contributed by atoms with Gasteiger partial charge in [-0.25, -0.2) is 0 Å². The topological polar surface area (TPSA) is 110 Å². The predicted octanol–water partition coefficient (Wildman–Crippen LogP) is 2.76. The van der Waals surface area contributed by atoms with E-state index in [-0.39, 0.29) is 11.3 Å². The number of hydrogen-bond acceptors (Lipinski definition) is 6. The second-order valence-electron chi connectivity index (χ2n) is 6.11. The number of pyridine rings is 1. The highest BCUT2D eigenvalue weighted by Gasteiger charge is 2.13. The Morgan fingerprint density at radius 2 is 1.96 bits per heavy atom. The maximum atomic E-state index is 12.8. The summed E-state index contributed by atoms with van der Waals surface area (Å²) in [7, 11) is 1.87. The number of ether oxygens (including phenoxy) is 1. The molecule has 0 spiro atoms. The van der Waals surface area contributed by atoms with Gasteiger partial charge in [0.25, 0.3) is 11.2 Å². The minimum atomic E-state index is -0.506. The molecular weight excluding hydrogens is 360 g/mol. The van der Waals surface area contributed by atoms with E-state index in [9.17, 15) is 20.2 Å². The monoisotopic (exact) mass is 378 g/mol. The van der Waals surface area contributed by atoms with Crippen LogP contribution >= 0.6 is 0 Å². The van der Waals surface area contributed by atoms with Gasteiger partial charge in [0.15, 0.2) is 0 Å². The van der Waals surface area contributed by atoms with Crippen LogP contribution in [0.2, 0.25) is 0 Å². The van der Waals surface area contributed by atoms with E-state index in [1.54, 1.807) is 18.2 Å². The second-order valence-corrected chi connectivity index (χ2v) is 6.11. The Morgan fingerprint density at radius 1 is 1.21 bits per heavy atom. The molecule has 0 amide bonds. The lowest BCUT2D eigenvalue weighted by atomic mass is 10.1. The van der Waals surface area contributed by atoms with Crippen molar-refractivity contribution in [2.75, 3.05) is 20.2 Å². The van der Waals surface area contributed by atoms with Gasteiger partial charge in [-0.2, -0.15) is 5.26 Å². The van der Waals surface area contributed by atoms with Crippen LogP contribution in [0.5, 0.6) is 5.75 Å². The molecule has 0 atom stereocenters. The molecule has 0 saturated carbocycles. The fourth-order valence-electron chi connectivity index (χ4n) is 2.87. The minimum absolute atomic E-state index is 0.00598. The zero-order chi connectivity index (χ0) is 20.1. The third kappa shape index (κ3) is 3.84. The van der Waals surface area contributed by atoms with Gasteiger partial charge in [-0.15, -0.1) is 0 Å². The van der Waals surface area contributed by atoms with E-state index in [1.165, 1.54) is 34.9 Å². The smallest absolute Gasteiger partial charge is 0.273 e. The number of non-ortho nitro benzene ring substituents is 1. The van der Waals surface area contributed by atoms with E-state index in [0.717, 1.165) is 13.0 Å². The van der Waals surface area contributed by atoms with Crippen LogP contribution in [0.25, 0.3) is 16.6 Å². The van der Waals surface area contributed by atoms with Crippen LogP contribution in [-0.2, 0) is 0 Å². The molecule has 1 aromatic heterocycles. The molecule has 3 rings (SSSR count). The van der Waals surface area contributed by atoms with E-state index in [2.05, 4.69) is 5.32 Å². The standard InChI is InChI=1S/C20H18N4O4/c1-22-9-2-10-28-18-8-3-14-11-15(13-21)20(25)23(19(14)12-18)16-4-6-17(7-5-16)24(26)27/h3-8,11-12,22H,2,9-10H2,1H3. The van der Waals surface area contributed by atoms with E-state index >= 15 is 0 Å². The van der Waals surface area contributed by atoms with Crippen LogP contribution in [0.1, 0.15) is 12.0 Å². The highest BCUT2D eigenvalue weighted by atomic mass is 16.6. The van der Waals surface area contributed by atoms with Crippen LogP contribution in [0.15, 0.2) is 53.3 Å². The van der Waals surface area contributed by atoms with Crippen molar-refractivity contribution in [1.29, 1.82) is 5.26 Å². The average molecular weight is 378 g/mol. The van der Waals surface area contributed by atoms with Gasteiger partial charge >= 0.3 is 0 Å². The number of aromatic nitrogens is 1. The molecule has 0 bridgehead atoms. The van der Waals surface area contributed by atoms with Gasteiger partial charge in [0, 0.05) is 29.3 Å². The molecule has 3 aromatic rings. The Bertz CT molecular complexity index is 1110. The number of hydrogen-bond donors (Lipinski definition) is 1. The van der Waals surface area contributed by atoms with Gasteiger partial charge in [-0.05, 0) is 50.3 Å². The van der Waals surface area contributed by atoms with E-state index in [1.807, 2.05) is 13.1 Å². The Labute approximate surface area is 160 Å². The molecule has 1 N–H and O–H groups in total. The first-order valence-corrected chi connectivity index (χ1v) is 8.67. The van der Waals surface area contributed by atoms with E-state index in [4.69, 9.17) is 4.74 Å². The van der Waals surface area contributed by atoms with Crippen molar-refractivity contribution in [3.05, 3.63) is 74.6 Å². The lowest BCUT2D eigenvalue weighted by Crippen LogP contribution is -2.21. The number of nitrogens with one attached hydrogen (secondary N) is 1. The van der Waals surface area contributed by atoms with Gasteiger partial charge < -0.3 is 10.1 Å². The molecule has 8 heteroatoms. The van der Waals surface area contributed by atoms with Crippen LogP contribution in [-0.4, -0.2) is 29.7 Å². The molecule has 0 aliphatic heterocycles. The zero-order valence-electron chi connectivity index (χ0n) is 15.2. The molecule has 0 saturated heterocycles. The van der Waals surface area contributed by atoms with Gasteiger partial charge in [0.2, 0.25) is 0 Å². The number of nitriles is 1. The molecular formula is C20H18N4O4. The van der Waals surface area contributed by atoms with Crippen molar-refractivity contribution >= 4 is 16.6 Å². The summed E-state index contributed by atoms with van der Waals surface area (Å²) in [6.07, 6.45) is 0.830. The van der Waals surface area contributed by atoms with Gasteiger partial charge in [0.05, 0.1) is 17.0 Å². The molecule has 8 nitrogen and oxygen atoms in total. The van der Waals surface area contributed by atoms with Gasteiger partial charge in [0.1, 0.15) is 17.4 Å². The molecule has 0 unspecified atom stereocenters. The number of benzene rings is 2. The van der Waals surface area contributed by atoms with Crippen molar-refractivity contribution in [2.24, 2.45) is 0 Å². The van der Waals surface area contributed by atoms with Crippen molar-refractivity contribution in [3.63, 3.8) is 0 Å². The lowest BCUT2D eigenvalue weighted by Gasteiger charge is -2.13. The molecule has 1 heterocycles. The number of rotatable bonds is 7. The Kier molecular flexibility index (Phi) is 5.67. The molecule has 0 fully saturated rings. The van der Waals surface area contributed by atoms with Crippen LogP contribution < -0.4 is 15.6 Å². The highest BCUT2D eigenvalue weighted by molar-refractivity contribution is 5.83. The summed E-state index contributed by atoms with van der Waals surface area (Å²) in [5, 5.41) is 23.9. The third-order valence-corrected chi connectivity index (χ3v) is 4.26. The summed E-state index contributed by atoms with van der Waals surface area (Å²) in [4.78, 5) is 23.2. The Morgan fingerprint density at radius 3 is 2.61 bits per heavy atom. The lowest BCUT2D eigenvalue weighted by molar-refractivity contribution is -0.384. The summed E-state index contributed by atoms with van der Waals surface area (Å²) in [5.41, 5.74) is 0.421. The molecule has 142 valence electrons. The molecule has 28 heavy (non-hydrogen) atoms. The normalized spacial score (nSPS) is 10.6. The SMILES string of the molecule is CNCCCOc1ccc2cc(C#N)c(=O)n(-c3ccc([N+](=O)[O-])cc3)c2c1. The van der Waals surface area contributed by atoms with Gasteiger partial charge in [-0.1, -0.05) is 0 Å². The van der Waals surface area contributed by atoms with Crippen LogP contribution in [0, 0.1) is 21.4 Å². The summed E-state index contributed by atoms with van der Waals surface area (Å²) < 4.78 is 7.12. The summed E-state index contributed by atoms with van der Waals surface area (Å²) in [6.45, 7) is 1.34. The fraction of sp³-hybridized carbons (Fsp3) is 0.200. The Hall–Kier alpha value is -3.70. The van der Waals surface area contributed by atoms with Crippen molar-refractivity contribution < 1.29 is 9.66 Å². The number of nitrogens with zero attached hydrogens (tertiary/aromatic N) is 3. The molecule has 0 aliphatic rings. The first kappa shape index (κ1) is 19.1. The average Bonchev–Trinajstić information content (AvgIpc) is 2.71. The predicted molar refractivity (Wildman–Crippen MR) is 105 cm³/mol. The van der Waals surface area contributed by atoms with E-state index in [0.29, 0.717) is 28.9 Å². The van der Waals surface area contributed by atoms with Crippen LogP contribution in [0.4, 0.5) is 5.69 Å². The number of nitro benzene ring substituents is 1. The third-order valence-electron chi connectivity index (χ3n) is 4.26. The first-order valence-electron chi connectivity index (χ1n) is 8.67. The zero-order valence-corrected chi connectivity index (χ0v) is 15.2. The largest absolute Gasteiger partial charge is 0.493 e. The maximum Gasteiger partial charge on any atom is 0.273 e. The summed E-state index contributed by atoms with van der Waals surface area (Å²) in [5.74, 6) is 0.600. The van der Waals surface area contributed by atoms with Crippen molar-refractivity contribution in [2.45, 2.75) is 6.42 Å². The summed E-state index contributed by atoms with van der Waals surface area (Å²) in [6, 6.07) is 14.4. The quantitative estimate of drug-likeness (QED) is 0.384. The van der Waals surface area contributed by atoms with E-state index < -0.39 is 10.5 Å². The summed E-state index contributed by atoms with van der Waals surface area (Å²) >= 11 is 0. The van der Waals surface area contributed by atoms with Crippen LogP contribution in [0.3, 0.4) is 0 Å². The first-order chi connectivity index (χ1) is 13.5. The molecule has 0 radical (unpaired) electrons. The second kappa shape index (κ2) is 8.33. The number of fused-ring (bicyclic) bond motifs is 1. The van der Waals surface area contributed by atoms with Gasteiger partial charge in [-0.3, -0.25) is 19.5 Å². The van der Waals surface area contributed by atoms with Crippen molar-refractivity contribution in [3.8, 4) is 17.5 Å². The molecule has 0 aliphatic carbocycles. The van der Waals surface area contributed by atoms with Crippen molar-refractivity contribution in [1.82, 2.24) is 9.88 Å². The Balaban J connectivity index is 2.12. The minimum Gasteiger partial charge on any atom is -0.493 e.